The number of carbonyl (C=O) groups excluding carboxylic acids is 2. The summed E-state index contributed by atoms with van der Waals surface area (Å²) in [7, 11) is -3.95. The molecular formula is C26H26N2O6S. The fraction of sp³-hybridized carbons (Fsp3) is 0.231. The molecule has 8 nitrogen and oxygen atoms in total. The van der Waals surface area contributed by atoms with Crippen LogP contribution in [0.1, 0.15) is 28.4 Å². The van der Waals surface area contributed by atoms with Gasteiger partial charge < -0.3 is 14.8 Å². The highest BCUT2D eigenvalue weighted by Gasteiger charge is 2.37. The summed E-state index contributed by atoms with van der Waals surface area (Å²) < 4.78 is 39.2. The Balaban J connectivity index is 1.64. The molecule has 1 aliphatic rings. The highest BCUT2D eigenvalue weighted by molar-refractivity contribution is 7.92. The normalized spacial score (nSPS) is 15.1. The minimum absolute atomic E-state index is 0.122. The van der Waals surface area contributed by atoms with Gasteiger partial charge >= 0.3 is 5.97 Å². The van der Waals surface area contributed by atoms with Crippen LogP contribution in [-0.4, -0.2) is 39.5 Å². The molecule has 1 atom stereocenters. The number of nitrogens with one attached hydrogen (secondary N) is 1. The molecule has 1 aliphatic heterocycles. The van der Waals surface area contributed by atoms with Crippen molar-refractivity contribution < 1.29 is 27.5 Å². The number of anilines is 2. The van der Waals surface area contributed by atoms with Crippen molar-refractivity contribution in [2.45, 2.75) is 31.8 Å². The third kappa shape index (κ3) is 4.85. The average molecular weight is 495 g/mol. The van der Waals surface area contributed by atoms with Gasteiger partial charge in [0.05, 0.1) is 29.3 Å². The van der Waals surface area contributed by atoms with E-state index in [1.54, 1.807) is 80.6 Å². The van der Waals surface area contributed by atoms with Crippen molar-refractivity contribution in [1.82, 2.24) is 0 Å². The Morgan fingerprint density at radius 3 is 2.46 bits per heavy atom. The maximum Gasteiger partial charge on any atom is 0.338 e. The van der Waals surface area contributed by atoms with Gasteiger partial charge in [-0.2, -0.15) is 0 Å². The summed E-state index contributed by atoms with van der Waals surface area (Å²) in [5.74, 6) is -0.737. The van der Waals surface area contributed by atoms with Crippen molar-refractivity contribution in [3.05, 3.63) is 83.4 Å². The second-order valence-corrected chi connectivity index (χ2v) is 9.97. The third-order valence-electron chi connectivity index (χ3n) is 5.72. The van der Waals surface area contributed by atoms with Crippen LogP contribution in [0.15, 0.2) is 71.6 Å². The van der Waals surface area contributed by atoms with Crippen molar-refractivity contribution in [3.63, 3.8) is 0 Å². The van der Waals surface area contributed by atoms with Gasteiger partial charge in [0.15, 0.2) is 6.10 Å². The van der Waals surface area contributed by atoms with E-state index in [0.29, 0.717) is 22.5 Å². The molecular weight excluding hydrogens is 468 g/mol. The molecule has 9 heteroatoms. The first-order chi connectivity index (χ1) is 16.7. The molecule has 0 unspecified atom stereocenters. The van der Waals surface area contributed by atoms with Crippen LogP contribution in [0.5, 0.6) is 5.75 Å². The summed E-state index contributed by atoms with van der Waals surface area (Å²) in [5.41, 5.74) is 2.58. The van der Waals surface area contributed by atoms with E-state index in [2.05, 4.69) is 5.32 Å². The van der Waals surface area contributed by atoms with Crippen molar-refractivity contribution in [2.75, 3.05) is 22.8 Å². The van der Waals surface area contributed by atoms with Gasteiger partial charge in [-0.15, -0.1) is 0 Å². The number of benzene rings is 3. The first kappa shape index (κ1) is 24.3. The second kappa shape index (κ2) is 9.79. The van der Waals surface area contributed by atoms with E-state index in [1.807, 2.05) is 6.92 Å². The molecule has 182 valence electrons. The molecule has 1 heterocycles. The molecule has 1 N–H and O–H groups in total. The van der Waals surface area contributed by atoms with E-state index < -0.39 is 28.0 Å². The molecule has 1 amide bonds. The van der Waals surface area contributed by atoms with Crippen LogP contribution in [0.25, 0.3) is 0 Å². The van der Waals surface area contributed by atoms with Gasteiger partial charge in [0.25, 0.3) is 15.9 Å². The Labute approximate surface area is 204 Å². The fourth-order valence-corrected chi connectivity index (χ4v) is 5.29. The first-order valence-electron chi connectivity index (χ1n) is 11.1. The monoisotopic (exact) mass is 494 g/mol. The number of hydrogen-bond acceptors (Lipinski definition) is 6. The van der Waals surface area contributed by atoms with E-state index in [-0.39, 0.29) is 23.8 Å². The number of carbonyl (C=O) groups is 2. The number of sulfonamides is 1. The molecule has 0 fully saturated rings. The minimum atomic E-state index is -3.95. The van der Waals surface area contributed by atoms with Crippen LogP contribution in [0.3, 0.4) is 0 Å². The summed E-state index contributed by atoms with van der Waals surface area (Å²) in [6.07, 6.45) is -1.12. The molecule has 0 saturated heterocycles. The van der Waals surface area contributed by atoms with E-state index in [4.69, 9.17) is 9.47 Å². The van der Waals surface area contributed by atoms with Gasteiger partial charge in [0.2, 0.25) is 0 Å². The highest BCUT2D eigenvalue weighted by atomic mass is 32.2. The highest BCUT2D eigenvalue weighted by Crippen LogP contribution is 2.37. The molecule has 0 saturated carbocycles. The molecule has 4 rings (SSSR count). The predicted molar refractivity (Wildman–Crippen MR) is 132 cm³/mol. The SMILES string of the molecule is CCOC(=O)c1cccc(NC(=O)[C@H]2CN(S(=O)(=O)c3ccc(C)cc3)c3ccccc3O2)c1C. The first-order valence-corrected chi connectivity index (χ1v) is 12.6. The van der Waals surface area contributed by atoms with Crippen molar-refractivity contribution in [3.8, 4) is 5.75 Å². The van der Waals surface area contributed by atoms with Crippen LogP contribution in [-0.2, 0) is 19.6 Å². The lowest BCUT2D eigenvalue weighted by Crippen LogP contribution is -2.48. The standard InChI is InChI=1S/C26H26N2O6S/c1-4-33-26(30)20-8-7-9-21(18(20)3)27-25(29)24-16-28(22-10-5-6-11-23(22)34-24)35(31,32)19-14-12-17(2)13-15-19/h5-15,24H,4,16H2,1-3H3,(H,27,29)/t24-/m1/s1. The number of aryl methyl sites for hydroxylation is 1. The van der Waals surface area contributed by atoms with Crippen LogP contribution >= 0.6 is 0 Å². The Bertz CT molecular complexity index is 1370. The number of fused-ring (bicyclic) bond motifs is 1. The summed E-state index contributed by atoms with van der Waals surface area (Å²) in [6.45, 7) is 5.31. The quantitative estimate of drug-likeness (QED) is 0.518. The van der Waals surface area contributed by atoms with Gasteiger partial charge in [-0.25, -0.2) is 13.2 Å². The van der Waals surface area contributed by atoms with Crippen LogP contribution in [0.2, 0.25) is 0 Å². The smallest absolute Gasteiger partial charge is 0.338 e. The molecule has 0 aromatic heterocycles. The number of ether oxygens (including phenoxy) is 2. The van der Waals surface area contributed by atoms with Crippen molar-refractivity contribution in [1.29, 1.82) is 0 Å². The van der Waals surface area contributed by atoms with Gasteiger partial charge in [0.1, 0.15) is 5.75 Å². The lowest BCUT2D eigenvalue weighted by Gasteiger charge is -2.34. The second-order valence-electron chi connectivity index (χ2n) is 8.11. The van der Waals surface area contributed by atoms with Crippen molar-refractivity contribution in [2.24, 2.45) is 0 Å². The maximum atomic E-state index is 13.5. The van der Waals surface area contributed by atoms with Crippen LogP contribution < -0.4 is 14.4 Å². The number of rotatable bonds is 6. The number of para-hydroxylation sites is 2. The Kier molecular flexibility index (Phi) is 6.79. The Morgan fingerprint density at radius 1 is 1.03 bits per heavy atom. The molecule has 35 heavy (non-hydrogen) atoms. The Morgan fingerprint density at radius 2 is 1.74 bits per heavy atom. The molecule has 0 radical (unpaired) electrons. The van der Waals surface area contributed by atoms with Crippen LogP contribution in [0.4, 0.5) is 11.4 Å². The summed E-state index contributed by atoms with van der Waals surface area (Å²) in [5, 5.41) is 2.77. The summed E-state index contributed by atoms with van der Waals surface area (Å²) in [4.78, 5) is 25.6. The van der Waals surface area contributed by atoms with Crippen molar-refractivity contribution >= 4 is 33.3 Å². The van der Waals surface area contributed by atoms with Gasteiger partial charge in [-0.1, -0.05) is 35.9 Å². The maximum absolute atomic E-state index is 13.5. The largest absolute Gasteiger partial charge is 0.476 e. The van der Waals surface area contributed by atoms with E-state index >= 15 is 0 Å². The Hall–Kier alpha value is -3.85. The summed E-state index contributed by atoms with van der Waals surface area (Å²) in [6, 6.07) is 18.1. The predicted octanol–water partition coefficient (Wildman–Crippen LogP) is 4.08. The van der Waals surface area contributed by atoms with Gasteiger partial charge in [0, 0.05) is 5.69 Å². The topological polar surface area (TPSA) is 102 Å². The summed E-state index contributed by atoms with van der Waals surface area (Å²) >= 11 is 0. The zero-order chi connectivity index (χ0) is 25.2. The van der Waals surface area contributed by atoms with Crippen LogP contribution in [0, 0.1) is 13.8 Å². The zero-order valence-electron chi connectivity index (χ0n) is 19.6. The molecule has 3 aromatic rings. The molecule has 3 aromatic carbocycles. The molecule has 0 bridgehead atoms. The molecule has 0 spiro atoms. The lowest BCUT2D eigenvalue weighted by molar-refractivity contribution is -0.122. The fourth-order valence-electron chi connectivity index (χ4n) is 3.82. The lowest BCUT2D eigenvalue weighted by atomic mass is 10.1. The molecule has 0 aliphatic carbocycles. The number of amides is 1. The van der Waals surface area contributed by atoms with E-state index in [9.17, 15) is 18.0 Å². The average Bonchev–Trinajstić information content (AvgIpc) is 2.85. The number of esters is 1. The number of nitrogens with zero attached hydrogens (tertiary/aromatic N) is 1. The van der Waals surface area contributed by atoms with Gasteiger partial charge in [-0.3, -0.25) is 9.10 Å². The van der Waals surface area contributed by atoms with Gasteiger partial charge in [-0.05, 0) is 62.7 Å². The number of hydrogen-bond donors (Lipinski definition) is 1. The minimum Gasteiger partial charge on any atom is -0.476 e. The zero-order valence-corrected chi connectivity index (χ0v) is 20.5. The van der Waals surface area contributed by atoms with E-state index in [0.717, 1.165) is 5.56 Å². The third-order valence-corrected chi connectivity index (χ3v) is 7.52. The van der Waals surface area contributed by atoms with E-state index in [1.165, 1.54) is 4.31 Å².